The van der Waals surface area contributed by atoms with Crippen LogP contribution in [0.3, 0.4) is 0 Å². The molecule has 3 aromatic rings. The third-order valence-corrected chi connectivity index (χ3v) is 4.49. The molecule has 1 N–H and O–H groups in total. The molecule has 1 amide bonds. The normalized spacial score (nSPS) is 11.7. The molecule has 154 valence electrons. The van der Waals surface area contributed by atoms with Crippen molar-refractivity contribution in [2.45, 2.75) is 32.9 Å². The zero-order chi connectivity index (χ0) is 21.7. The maximum Gasteiger partial charge on any atom is 0.339 e. The largest absolute Gasteiger partial charge is 0.449 e. The third-order valence-electron chi connectivity index (χ3n) is 4.49. The average molecular weight is 405 g/mol. The molecule has 0 aliphatic rings. The minimum Gasteiger partial charge on any atom is -0.449 e. The molecule has 7 nitrogen and oxygen atoms in total. The summed E-state index contributed by atoms with van der Waals surface area (Å²) in [7, 11) is 0. The minimum absolute atomic E-state index is 0.0593. The van der Waals surface area contributed by atoms with Gasteiger partial charge in [0.05, 0.1) is 11.8 Å². The maximum absolute atomic E-state index is 12.8. The van der Waals surface area contributed by atoms with Crippen LogP contribution in [0.2, 0.25) is 0 Å². The summed E-state index contributed by atoms with van der Waals surface area (Å²) >= 11 is 0. The topological polar surface area (TPSA) is 90.3 Å². The predicted octanol–water partition coefficient (Wildman–Crippen LogP) is 3.88. The summed E-state index contributed by atoms with van der Waals surface area (Å²) in [5.74, 6) is -1.01. The van der Waals surface area contributed by atoms with E-state index in [1.165, 1.54) is 13.0 Å². The van der Waals surface area contributed by atoms with Crippen LogP contribution in [0.25, 0.3) is 0 Å². The second-order valence-corrected chi connectivity index (χ2v) is 7.03. The number of benzene rings is 2. The van der Waals surface area contributed by atoms with E-state index < -0.39 is 18.0 Å². The standard InChI is InChI=1S/C23H23N3O4/c1-15(2)26-20(13-14-24-26)25-22(28)16(3)30-23(29)19-12-8-7-11-18(19)21(27)17-9-5-4-6-10-17/h4-16H,1-3H3,(H,25,28)/t16-/m0/s1. The number of ether oxygens (including phenoxy) is 1. The summed E-state index contributed by atoms with van der Waals surface area (Å²) in [5.41, 5.74) is 0.794. The van der Waals surface area contributed by atoms with Crippen molar-refractivity contribution in [2.75, 3.05) is 5.32 Å². The van der Waals surface area contributed by atoms with Crippen LogP contribution in [0.1, 0.15) is 53.1 Å². The first kappa shape index (κ1) is 21.0. The molecular weight excluding hydrogens is 382 g/mol. The van der Waals surface area contributed by atoms with E-state index in [0.717, 1.165) is 0 Å². The van der Waals surface area contributed by atoms with Crippen LogP contribution in [0.4, 0.5) is 5.82 Å². The number of esters is 1. The SMILES string of the molecule is CC(C)n1nccc1NC(=O)[C@H](C)OC(=O)c1ccccc1C(=O)c1ccccc1. The zero-order valence-electron chi connectivity index (χ0n) is 17.0. The van der Waals surface area contributed by atoms with Gasteiger partial charge in [0.2, 0.25) is 0 Å². The van der Waals surface area contributed by atoms with E-state index in [1.54, 1.807) is 59.4 Å². The van der Waals surface area contributed by atoms with Crippen molar-refractivity contribution in [2.24, 2.45) is 0 Å². The second-order valence-electron chi connectivity index (χ2n) is 7.03. The average Bonchev–Trinajstić information content (AvgIpc) is 3.22. The predicted molar refractivity (Wildman–Crippen MR) is 112 cm³/mol. The molecule has 1 atom stereocenters. The van der Waals surface area contributed by atoms with Gasteiger partial charge in [-0.15, -0.1) is 0 Å². The smallest absolute Gasteiger partial charge is 0.339 e. The number of ketones is 1. The first-order chi connectivity index (χ1) is 14.4. The van der Waals surface area contributed by atoms with Crippen LogP contribution in [-0.4, -0.2) is 33.5 Å². The first-order valence-corrected chi connectivity index (χ1v) is 9.62. The van der Waals surface area contributed by atoms with E-state index >= 15 is 0 Å². The minimum atomic E-state index is -1.06. The fraction of sp³-hybridized carbons (Fsp3) is 0.217. The van der Waals surface area contributed by atoms with Gasteiger partial charge in [-0.1, -0.05) is 48.5 Å². The molecule has 0 unspecified atom stereocenters. The Balaban J connectivity index is 1.74. The Morgan fingerprint density at radius 1 is 0.900 bits per heavy atom. The van der Waals surface area contributed by atoms with E-state index in [9.17, 15) is 14.4 Å². The Kier molecular flexibility index (Phi) is 6.41. The van der Waals surface area contributed by atoms with Gasteiger partial charge in [0.15, 0.2) is 11.9 Å². The highest BCUT2D eigenvalue weighted by Gasteiger charge is 2.24. The van der Waals surface area contributed by atoms with Crippen molar-refractivity contribution in [1.29, 1.82) is 0 Å². The van der Waals surface area contributed by atoms with E-state index in [0.29, 0.717) is 11.4 Å². The molecule has 0 saturated carbocycles. The zero-order valence-corrected chi connectivity index (χ0v) is 17.0. The molecule has 0 bridgehead atoms. The summed E-state index contributed by atoms with van der Waals surface area (Å²) in [6.07, 6.45) is 0.519. The van der Waals surface area contributed by atoms with E-state index in [4.69, 9.17) is 4.74 Å². The number of nitrogens with zero attached hydrogens (tertiary/aromatic N) is 2. The number of anilines is 1. The molecule has 1 aromatic heterocycles. The summed E-state index contributed by atoms with van der Waals surface area (Å²) < 4.78 is 6.99. The fourth-order valence-corrected chi connectivity index (χ4v) is 2.93. The van der Waals surface area contributed by atoms with Crippen LogP contribution < -0.4 is 5.32 Å². The molecule has 2 aromatic carbocycles. The molecule has 0 saturated heterocycles. The Morgan fingerprint density at radius 3 is 2.20 bits per heavy atom. The molecule has 1 heterocycles. The van der Waals surface area contributed by atoms with Crippen LogP contribution in [0.15, 0.2) is 66.9 Å². The molecule has 0 aliphatic heterocycles. The Bertz CT molecular complexity index is 1060. The van der Waals surface area contributed by atoms with Crippen molar-refractivity contribution < 1.29 is 19.1 Å². The molecule has 3 rings (SSSR count). The lowest BCUT2D eigenvalue weighted by Crippen LogP contribution is -2.31. The van der Waals surface area contributed by atoms with Crippen molar-refractivity contribution >= 4 is 23.5 Å². The monoisotopic (exact) mass is 405 g/mol. The Hall–Kier alpha value is -3.74. The van der Waals surface area contributed by atoms with Gasteiger partial charge in [0.1, 0.15) is 5.82 Å². The van der Waals surface area contributed by atoms with Crippen molar-refractivity contribution in [3.05, 3.63) is 83.6 Å². The van der Waals surface area contributed by atoms with Gasteiger partial charge < -0.3 is 10.1 Å². The lowest BCUT2D eigenvalue weighted by molar-refractivity contribution is -0.123. The van der Waals surface area contributed by atoms with Crippen molar-refractivity contribution in [1.82, 2.24) is 9.78 Å². The number of carbonyl (C=O) groups is 3. The lowest BCUT2D eigenvalue weighted by Gasteiger charge is -2.16. The number of hydrogen-bond donors (Lipinski definition) is 1. The quantitative estimate of drug-likeness (QED) is 0.476. The van der Waals surface area contributed by atoms with Gasteiger partial charge in [-0.25, -0.2) is 9.48 Å². The van der Waals surface area contributed by atoms with Crippen LogP contribution in [-0.2, 0) is 9.53 Å². The van der Waals surface area contributed by atoms with Gasteiger partial charge >= 0.3 is 5.97 Å². The molecule has 0 spiro atoms. The van der Waals surface area contributed by atoms with Gasteiger partial charge in [0, 0.05) is 23.2 Å². The van der Waals surface area contributed by atoms with E-state index in [1.807, 2.05) is 19.9 Å². The Morgan fingerprint density at radius 2 is 1.53 bits per heavy atom. The highest BCUT2D eigenvalue weighted by Crippen LogP contribution is 2.18. The molecule has 0 radical (unpaired) electrons. The van der Waals surface area contributed by atoms with E-state index in [2.05, 4.69) is 10.4 Å². The number of hydrogen-bond acceptors (Lipinski definition) is 5. The summed E-state index contributed by atoms with van der Waals surface area (Å²) in [6.45, 7) is 5.35. The van der Waals surface area contributed by atoms with Gasteiger partial charge in [-0.2, -0.15) is 5.10 Å². The van der Waals surface area contributed by atoms with Crippen LogP contribution >= 0.6 is 0 Å². The van der Waals surface area contributed by atoms with Gasteiger partial charge in [-0.05, 0) is 26.8 Å². The summed E-state index contributed by atoms with van der Waals surface area (Å²) in [5, 5.41) is 6.86. The number of nitrogens with one attached hydrogen (secondary N) is 1. The number of carbonyl (C=O) groups excluding carboxylic acids is 3. The van der Waals surface area contributed by atoms with Gasteiger partial charge in [0.25, 0.3) is 5.91 Å². The summed E-state index contributed by atoms with van der Waals surface area (Å²) in [4.78, 5) is 38.0. The number of aromatic nitrogens is 2. The Labute approximate surface area is 174 Å². The molecular formula is C23H23N3O4. The maximum atomic E-state index is 12.8. The first-order valence-electron chi connectivity index (χ1n) is 9.62. The van der Waals surface area contributed by atoms with Crippen LogP contribution in [0, 0.1) is 0 Å². The molecule has 7 heteroatoms. The lowest BCUT2D eigenvalue weighted by atomic mass is 9.98. The van der Waals surface area contributed by atoms with E-state index in [-0.39, 0.29) is 23.0 Å². The molecule has 30 heavy (non-hydrogen) atoms. The highest BCUT2D eigenvalue weighted by atomic mass is 16.5. The van der Waals surface area contributed by atoms with Gasteiger partial charge in [-0.3, -0.25) is 9.59 Å². The molecule has 0 aliphatic carbocycles. The second kappa shape index (κ2) is 9.17. The number of amides is 1. The summed E-state index contributed by atoms with van der Waals surface area (Å²) in [6, 6.07) is 16.8. The van der Waals surface area contributed by atoms with Crippen LogP contribution in [0.5, 0.6) is 0 Å². The number of rotatable bonds is 7. The van der Waals surface area contributed by atoms with Crippen molar-refractivity contribution in [3.63, 3.8) is 0 Å². The molecule has 0 fully saturated rings. The third kappa shape index (κ3) is 4.63. The van der Waals surface area contributed by atoms with Crippen molar-refractivity contribution in [3.8, 4) is 0 Å². The fourth-order valence-electron chi connectivity index (χ4n) is 2.93. The highest BCUT2D eigenvalue weighted by molar-refractivity contribution is 6.14.